The predicted molar refractivity (Wildman–Crippen MR) is 55.7 cm³/mol. The van der Waals surface area contributed by atoms with Crippen LogP contribution in [0.4, 0.5) is 0 Å². The van der Waals surface area contributed by atoms with Crippen LogP contribution in [0.25, 0.3) is 0 Å². The van der Waals surface area contributed by atoms with E-state index in [0.29, 0.717) is 6.42 Å². The molecule has 0 atom stereocenters. The highest BCUT2D eigenvalue weighted by Crippen LogP contribution is 2.14. The van der Waals surface area contributed by atoms with Gasteiger partial charge in [-0.3, -0.25) is 14.4 Å². The average molecular weight is 231 g/mol. The molecule has 1 rings (SSSR count). The molecule has 1 saturated heterocycles. The maximum Gasteiger partial charge on any atom is 0.303 e. The van der Waals surface area contributed by atoms with Gasteiger partial charge in [0.05, 0.1) is 6.61 Å². The smallest absolute Gasteiger partial charge is 0.303 e. The van der Waals surface area contributed by atoms with Crippen LogP contribution in [0.2, 0.25) is 0 Å². The fourth-order valence-corrected chi connectivity index (χ4v) is 0.692. The van der Waals surface area contributed by atoms with Crippen LogP contribution in [-0.2, 0) is 19.1 Å². The van der Waals surface area contributed by atoms with Crippen molar-refractivity contribution in [2.75, 3.05) is 6.61 Å². The number of aliphatic carboxylic acids is 1. The summed E-state index contributed by atoms with van der Waals surface area (Å²) in [7, 11) is 0. The van der Waals surface area contributed by atoms with Crippen molar-refractivity contribution in [1.29, 1.82) is 0 Å². The summed E-state index contributed by atoms with van der Waals surface area (Å²) in [6.45, 7) is 5.20. The van der Waals surface area contributed by atoms with Gasteiger partial charge in [-0.25, -0.2) is 0 Å². The summed E-state index contributed by atoms with van der Waals surface area (Å²) in [5.74, 6) is -1.08. The van der Waals surface area contributed by atoms with Gasteiger partial charge in [0.15, 0.2) is 0 Å². The molecule has 0 aromatic carbocycles. The molecule has 6 nitrogen and oxygen atoms in total. The van der Waals surface area contributed by atoms with Gasteiger partial charge >= 0.3 is 11.9 Å². The minimum atomic E-state index is -0.868. The Labute approximate surface area is 94.0 Å². The van der Waals surface area contributed by atoms with Crippen molar-refractivity contribution in [3.05, 3.63) is 0 Å². The van der Waals surface area contributed by atoms with E-state index in [2.05, 4.69) is 10.1 Å². The molecule has 1 aliphatic heterocycles. The molecule has 2 N–H and O–H groups in total. The number of carboxylic acids is 1. The lowest BCUT2D eigenvalue weighted by atomic mass is 10.2. The maximum atomic E-state index is 10.1. The molecule has 1 amide bonds. The van der Waals surface area contributed by atoms with Gasteiger partial charge in [0.2, 0.25) is 5.91 Å². The normalized spacial score (nSPS) is 15.3. The van der Waals surface area contributed by atoms with E-state index in [0.717, 1.165) is 0 Å². The molecule has 6 heteroatoms. The molecule has 1 aliphatic rings. The van der Waals surface area contributed by atoms with Crippen molar-refractivity contribution in [3.63, 3.8) is 0 Å². The van der Waals surface area contributed by atoms with E-state index < -0.39 is 5.97 Å². The first-order valence-corrected chi connectivity index (χ1v) is 4.93. The van der Waals surface area contributed by atoms with Gasteiger partial charge in [0.1, 0.15) is 5.54 Å². The van der Waals surface area contributed by atoms with Crippen molar-refractivity contribution in [3.8, 4) is 0 Å². The standard InChI is InChI=1S/C6H10O4.C4H7NO/c1-5(7)10-4-2-3-6(8)9;1-4(2)3(6)5-4/h2-4H2,1H3,(H,8,9);1-2H3,(H,5,6). The number of esters is 1. The van der Waals surface area contributed by atoms with Crippen LogP contribution in [-0.4, -0.2) is 35.1 Å². The van der Waals surface area contributed by atoms with E-state index in [4.69, 9.17) is 5.11 Å². The van der Waals surface area contributed by atoms with Crippen LogP contribution in [0.5, 0.6) is 0 Å². The Bertz CT molecular complexity index is 269. The zero-order valence-corrected chi connectivity index (χ0v) is 9.70. The zero-order chi connectivity index (χ0) is 12.8. The van der Waals surface area contributed by atoms with E-state index in [1.165, 1.54) is 6.92 Å². The van der Waals surface area contributed by atoms with Crippen LogP contribution < -0.4 is 5.32 Å². The fraction of sp³-hybridized carbons (Fsp3) is 0.700. The Kier molecular flexibility index (Phi) is 5.49. The summed E-state index contributed by atoms with van der Waals surface area (Å²) in [5.41, 5.74) is -0.181. The number of carbonyl (C=O) groups is 3. The number of hydrogen-bond acceptors (Lipinski definition) is 4. The molecular formula is C10H17NO5. The van der Waals surface area contributed by atoms with Crippen molar-refractivity contribution in [2.45, 2.75) is 39.2 Å². The van der Waals surface area contributed by atoms with E-state index in [1.807, 2.05) is 13.8 Å². The SMILES string of the molecule is CC(=O)OCCCC(=O)O.CC1(C)NC1=O. The highest BCUT2D eigenvalue weighted by Gasteiger charge is 2.43. The number of ether oxygens (including phenoxy) is 1. The maximum absolute atomic E-state index is 10.1. The molecule has 16 heavy (non-hydrogen) atoms. The molecule has 0 aliphatic carbocycles. The molecule has 1 fully saturated rings. The quantitative estimate of drug-likeness (QED) is 0.412. The van der Waals surface area contributed by atoms with E-state index in [-0.39, 0.29) is 30.4 Å². The molecule has 0 aromatic rings. The number of carbonyl (C=O) groups excluding carboxylic acids is 2. The first-order chi connectivity index (χ1) is 7.25. The minimum Gasteiger partial charge on any atom is -0.481 e. The summed E-state index contributed by atoms with van der Waals surface area (Å²) in [4.78, 5) is 30.1. The highest BCUT2D eigenvalue weighted by atomic mass is 16.5. The third-order valence-electron chi connectivity index (χ3n) is 1.77. The first-order valence-electron chi connectivity index (χ1n) is 4.93. The van der Waals surface area contributed by atoms with Crippen LogP contribution in [0, 0.1) is 0 Å². The van der Waals surface area contributed by atoms with Gasteiger partial charge in [-0.2, -0.15) is 0 Å². The van der Waals surface area contributed by atoms with Crippen LogP contribution in [0.15, 0.2) is 0 Å². The number of nitrogens with one attached hydrogen (secondary N) is 1. The lowest BCUT2D eigenvalue weighted by Crippen LogP contribution is -2.03. The Balaban J connectivity index is 0.000000315. The largest absolute Gasteiger partial charge is 0.481 e. The monoisotopic (exact) mass is 231 g/mol. The second kappa shape index (κ2) is 6.09. The van der Waals surface area contributed by atoms with Crippen LogP contribution >= 0.6 is 0 Å². The second-order valence-corrected chi connectivity index (χ2v) is 3.92. The number of carboxylic acid groups (broad SMARTS) is 1. The van der Waals surface area contributed by atoms with Crippen molar-refractivity contribution < 1.29 is 24.2 Å². The van der Waals surface area contributed by atoms with Gasteiger partial charge in [-0.05, 0) is 20.3 Å². The summed E-state index contributed by atoms with van der Waals surface area (Å²) in [5, 5.41) is 10.8. The Morgan fingerprint density at radius 3 is 2.12 bits per heavy atom. The summed E-state index contributed by atoms with van der Waals surface area (Å²) in [6.07, 6.45) is 0.433. The molecule has 0 aromatic heterocycles. The Hall–Kier alpha value is -1.59. The third kappa shape index (κ3) is 7.78. The van der Waals surface area contributed by atoms with Gasteiger partial charge < -0.3 is 15.2 Å². The number of amides is 1. The highest BCUT2D eigenvalue weighted by molar-refractivity contribution is 6.00. The third-order valence-corrected chi connectivity index (χ3v) is 1.77. The molecule has 0 bridgehead atoms. The predicted octanol–water partition coefficient (Wildman–Crippen LogP) is 0.309. The number of rotatable bonds is 4. The van der Waals surface area contributed by atoms with Gasteiger partial charge in [-0.1, -0.05) is 0 Å². The van der Waals surface area contributed by atoms with Gasteiger partial charge in [0, 0.05) is 13.3 Å². The van der Waals surface area contributed by atoms with E-state index in [1.54, 1.807) is 0 Å². The van der Waals surface area contributed by atoms with E-state index in [9.17, 15) is 14.4 Å². The molecular weight excluding hydrogens is 214 g/mol. The molecule has 0 spiro atoms. The summed E-state index contributed by atoms with van der Waals surface area (Å²) >= 11 is 0. The molecule has 92 valence electrons. The first kappa shape index (κ1) is 14.4. The van der Waals surface area contributed by atoms with Crippen LogP contribution in [0.1, 0.15) is 33.6 Å². The summed E-state index contributed by atoms with van der Waals surface area (Å²) in [6, 6.07) is 0. The minimum absolute atomic E-state index is 0.0489. The molecule has 0 saturated carbocycles. The topological polar surface area (TPSA) is 103 Å². The van der Waals surface area contributed by atoms with Crippen molar-refractivity contribution >= 4 is 17.8 Å². The lowest BCUT2D eigenvalue weighted by molar-refractivity contribution is -0.143. The summed E-state index contributed by atoms with van der Waals surface area (Å²) < 4.78 is 4.49. The second-order valence-electron chi connectivity index (χ2n) is 3.92. The van der Waals surface area contributed by atoms with Gasteiger partial charge in [-0.15, -0.1) is 0 Å². The Morgan fingerprint density at radius 2 is 1.88 bits per heavy atom. The zero-order valence-electron chi connectivity index (χ0n) is 9.70. The average Bonchev–Trinajstić information content (AvgIpc) is 2.66. The lowest BCUT2D eigenvalue weighted by Gasteiger charge is -1.97. The number of hydrogen-bond donors (Lipinski definition) is 2. The van der Waals surface area contributed by atoms with E-state index >= 15 is 0 Å². The van der Waals surface area contributed by atoms with Crippen LogP contribution in [0.3, 0.4) is 0 Å². The Morgan fingerprint density at radius 1 is 1.44 bits per heavy atom. The fourth-order valence-electron chi connectivity index (χ4n) is 0.692. The molecule has 0 unspecified atom stereocenters. The van der Waals surface area contributed by atoms with Crippen molar-refractivity contribution in [2.24, 2.45) is 0 Å². The molecule has 1 heterocycles. The van der Waals surface area contributed by atoms with Crippen molar-refractivity contribution in [1.82, 2.24) is 5.32 Å². The molecule has 0 radical (unpaired) electrons. The van der Waals surface area contributed by atoms with Gasteiger partial charge in [0.25, 0.3) is 0 Å².